The second-order valence-corrected chi connectivity index (χ2v) is 7.28. The van der Waals surface area contributed by atoms with E-state index in [2.05, 4.69) is 16.8 Å². The summed E-state index contributed by atoms with van der Waals surface area (Å²) in [6.45, 7) is 3.36. The maximum atomic E-state index is 6.27. The van der Waals surface area contributed by atoms with Crippen molar-refractivity contribution in [2.45, 2.75) is 38.6 Å². The van der Waals surface area contributed by atoms with E-state index in [4.69, 9.17) is 20.2 Å². The lowest BCUT2D eigenvalue weighted by Gasteiger charge is -2.32. The number of fused-ring (bicyclic) bond motifs is 2. The molecule has 0 spiro atoms. The largest absolute Gasteiger partial charge is 0.493 e. The van der Waals surface area contributed by atoms with E-state index in [0.29, 0.717) is 29.3 Å². The Hall–Kier alpha value is -2.24. The maximum absolute atomic E-state index is 6.27. The summed E-state index contributed by atoms with van der Waals surface area (Å²) in [5, 5.41) is 0.800. The number of nitrogens with two attached hydrogens (primary N) is 1. The van der Waals surface area contributed by atoms with Crippen molar-refractivity contribution >= 4 is 22.7 Å². The van der Waals surface area contributed by atoms with Crippen LogP contribution in [0.3, 0.4) is 0 Å². The topological polar surface area (TPSA) is 73.5 Å². The lowest BCUT2D eigenvalue weighted by molar-refractivity contribution is 0.293. The van der Waals surface area contributed by atoms with Crippen LogP contribution in [-0.2, 0) is 0 Å². The molecule has 1 aromatic carbocycles. The summed E-state index contributed by atoms with van der Waals surface area (Å²) in [4.78, 5) is 11.8. The Labute approximate surface area is 148 Å². The lowest BCUT2D eigenvalue weighted by atomic mass is 9.80. The van der Waals surface area contributed by atoms with Crippen molar-refractivity contribution in [2.24, 2.45) is 11.8 Å². The van der Waals surface area contributed by atoms with Gasteiger partial charge in [0.25, 0.3) is 0 Å². The van der Waals surface area contributed by atoms with E-state index in [1.54, 1.807) is 14.2 Å². The Morgan fingerprint density at radius 1 is 1.08 bits per heavy atom. The van der Waals surface area contributed by atoms with Crippen LogP contribution >= 0.6 is 0 Å². The number of hydrogen-bond acceptors (Lipinski definition) is 6. The molecule has 2 aromatic rings. The van der Waals surface area contributed by atoms with Crippen molar-refractivity contribution in [3.63, 3.8) is 0 Å². The van der Waals surface area contributed by atoms with Gasteiger partial charge in [0, 0.05) is 24.0 Å². The fourth-order valence-electron chi connectivity index (χ4n) is 4.60. The minimum Gasteiger partial charge on any atom is -0.493 e. The number of aromatic nitrogens is 2. The van der Waals surface area contributed by atoms with Crippen LogP contribution in [0, 0.1) is 11.8 Å². The molecule has 1 aliphatic heterocycles. The van der Waals surface area contributed by atoms with Crippen molar-refractivity contribution in [3.8, 4) is 11.5 Å². The molecule has 4 rings (SSSR count). The fourth-order valence-corrected chi connectivity index (χ4v) is 4.60. The third-order valence-corrected chi connectivity index (χ3v) is 5.87. The minimum atomic E-state index is 0.493. The van der Waals surface area contributed by atoms with Crippen LogP contribution in [0.2, 0.25) is 0 Å². The molecule has 6 heteroatoms. The first-order valence-electron chi connectivity index (χ1n) is 9.08. The maximum Gasteiger partial charge on any atom is 0.228 e. The second kappa shape index (κ2) is 6.24. The molecule has 1 aromatic heterocycles. The number of nitrogens with zero attached hydrogens (tertiary/aromatic N) is 3. The average molecular weight is 342 g/mol. The van der Waals surface area contributed by atoms with Gasteiger partial charge in [0.15, 0.2) is 11.5 Å². The Kier molecular flexibility index (Phi) is 4.06. The number of hydrogen-bond donors (Lipinski definition) is 1. The molecule has 2 fully saturated rings. The van der Waals surface area contributed by atoms with E-state index in [9.17, 15) is 0 Å². The van der Waals surface area contributed by atoms with Crippen molar-refractivity contribution in [1.82, 2.24) is 9.97 Å². The standard InChI is InChI=1S/C19H26N4O2/c1-11-10-23(15-7-5-4-6-12(11)15)19-21-14-9-17(25-3)16(24-2)8-13(14)18(20)22-19/h8-9,11-12,15H,4-7,10H2,1-3H3,(H2,20,21,22). The van der Waals surface area contributed by atoms with Crippen molar-refractivity contribution in [1.29, 1.82) is 0 Å². The number of rotatable bonds is 3. The normalized spacial score (nSPS) is 25.9. The summed E-state index contributed by atoms with van der Waals surface area (Å²) in [6, 6.07) is 4.28. The van der Waals surface area contributed by atoms with Crippen LogP contribution in [0.5, 0.6) is 11.5 Å². The Bertz CT molecular complexity index is 795. The van der Waals surface area contributed by atoms with Gasteiger partial charge in [-0.2, -0.15) is 4.98 Å². The van der Waals surface area contributed by atoms with Gasteiger partial charge in [0.05, 0.1) is 19.7 Å². The zero-order valence-corrected chi connectivity index (χ0v) is 15.2. The molecule has 134 valence electrons. The third-order valence-electron chi connectivity index (χ3n) is 5.87. The molecule has 0 amide bonds. The smallest absolute Gasteiger partial charge is 0.228 e. The first-order chi connectivity index (χ1) is 12.1. The van der Waals surface area contributed by atoms with Gasteiger partial charge in [-0.1, -0.05) is 19.8 Å². The van der Waals surface area contributed by atoms with Crippen LogP contribution in [0.25, 0.3) is 10.9 Å². The van der Waals surface area contributed by atoms with E-state index in [0.717, 1.165) is 29.3 Å². The lowest BCUT2D eigenvalue weighted by Crippen LogP contribution is -2.36. The average Bonchev–Trinajstić information content (AvgIpc) is 2.98. The SMILES string of the molecule is COc1cc2nc(N3CC(C)C4CCCCC43)nc(N)c2cc1OC. The highest BCUT2D eigenvalue weighted by molar-refractivity contribution is 5.91. The number of ether oxygens (including phenoxy) is 2. The van der Waals surface area contributed by atoms with Crippen LogP contribution in [0.4, 0.5) is 11.8 Å². The molecule has 2 N–H and O–H groups in total. The Morgan fingerprint density at radius 3 is 2.56 bits per heavy atom. The highest BCUT2D eigenvalue weighted by Crippen LogP contribution is 2.42. The van der Waals surface area contributed by atoms with E-state index in [1.165, 1.54) is 25.7 Å². The molecule has 2 aliphatic rings. The van der Waals surface area contributed by atoms with Gasteiger partial charge in [-0.25, -0.2) is 4.98 Å². The van der Waals surface area contributed by atoms with Crippen LogP contribution in [-0.4, -0.2) is 36.8 Å². The van der Waals surface area contributed by atoms with Crippen molar-refractivity contribution in [2.75, 3.05) is 31.4 Å². The summed E-state index contributed by atoms with van der Waals surface area (Å²) < 4.78 is 10.8. The zero-order valence-electron chi connectivity index (χ0n) is 15.2. The van der Waals surface area contributed by atoms with Crippen LogP contribution in [0.1, 0.15) is 32.6 Å². The van der Waals surface area contributed by atoms with Gasteiger partial charge in [0.1, 0.15) is 5.82 Å². The molecule has 3 atom stereocenters. The number of anilines is 2. The molecule has 1 aliphatic carbocycles. The molecule has 1 saturated carbocycles. The zero-order chi connectivity index (χ0) is 17.6. The molecule has 0 bridgehead atoms. The van der Waals surface area contributed by atoms with Gasteiger partial charge in [-0.15, -0.1) is 0 Å². The van der Waals surface area contributed by atoms with Crippen molar-refractivity contribution < 1.29 is 9.47 Å². The second-order valence-electron chi connectivity index (χ2n) is 7.28. The van der Waals surface area contributed by atoms with Gasteiger partial charge in [-0.3, -0.25) is 0 Å². The van der Waals surface area contributed by atoms with Crippen molar-refractivity contribution in [3.05, 3.63) is 12.1 Å². The highest BCUT2D eigenvalue weighted by atomic mass is 16.5. The summed E-state index contributed by atoms with van der Waals surface area (Å²) in [7, 11) is 3.24. The minimum absolute atomic E-state index is 0.493. The molecule has 6 nitrogen and oxygen atoms in total. The Balaban J connectivity index is 1.78. The summed E-state index contributed by atoms with van der Waals surface area (Å²) >= 11 is 0. The molecule has 1 saturated heterocycles. The predicted molar refractivity (Wildman–Crippen MR) is 99.3 cm³/mol. The van der Waals surface area contributed by atoms with E-state index in [1.807, 2.05) is 12.1 Å². The molecule has 3 unspecified atom stereocenters. The fraction of sp³-hybridized carbons (Fsp3) is 0.579. The van der Waals surface area contributed by atoms with Gasteiger partial charge in [-0.05, 0) is 30.7 Å². The predicted octanol–water partition coefficient (Wildman–Crippen LogP) is 3.24. The number of nitrogen functional groups attached to an aromatic ring is 1. The molecule has 2 heterocycles. The molecule has 0 radical (unpaired) electrons. The Morgan fingerprint density at radius 2 is 1.80 bits per heavy atom. The third kappa shape index (κ3) is 2.64. The van der Waals surface area contributed by atoms with Crippen LogP contribution < -0.4 is 20.1 Å². The summed E-state index contributed by atoms with van der Waals surface area (Å²) in [5.41, 5.74) is 7.07. The van der Waals surface area contributed by atoms with Crippen LogP contribution in [0.15, 0.2) is 12.1 Å². The first kappa shape index (κ1) is 16.2. The number of methoxy groups -OCH3 is 2. The molecule has 25 heavy (non-hydrogen) atoms. The number of benzene rings is 1. The first-order valence-corrected chi connectivity index (χ1v) is 9.08. The van der Waals surface area contributed by atoms with E-state index >= 15 is 0 Å². The van der Waals surface area contributed by atoms with E-state index < -0.39 is 0 Å². The highest BCUT2D eigenvalue weighted by Gasteiger charge is 2.41. The van der Waals surface area contributed by atoms with Gasteiger partial charge < -0.3 is 20.1 Å². The van der Waals surface area contributed by atoms with E-state index in [-0.39, 0.29) is 0 Å². The molecular formula is C19H26N4O2. The van der Waals surface area contributed by atoms with Gasteiger partial charge in [0.2, 0.25) is 5.95 Å². The van der Waals surface area contributed by atoms with Gasteiger partial charge >= 0.3 is 0 Å². The quantitative estimate of drug-likeness (QED) is 0.923. The summed E-state index contributed by atoms with van der Waals surface area (Å²) in [5.74, 6) is 3.96. The summed E-state index contributed by atoms with van der Waals surface area (Å²) in [6.07, 6.45) is 5.17. The monoisotopic (exact) mass is 342 g/mol. The molecular weight excluding hydrogens is 316 g/mol.